The Labute approximate surface area is 121 Å². The molecule has 2 rings (SSSR count). The Bertz CT molecular complexity index is 599. The monoisotopic (exact) mass is 295 g/mol. The van der Waals surface area contributed by atoms with Gasteiger partial charge in [0.05, 0.1) is 6.61 Å². The van der Waals surface area contributed by atoms with Crippen LogP contribution in [-0.4, -0.2) is 11.7 Å². The van der Waals surface area contributed by atoms with Crippen molar-refractivity contribution < 1.29 is 18.3 Å². The number of benzene rings is 2. The Morgan fingerprint density at radius 2 is 1.48 bits per heavy atom. The van der Waals surface area contributed by atoms with E-state index in [9.17, 15) is 13.2 Å². The quantitative estimate of drug-likeness (QED) is 0.634. The first-order valence-corrected chi connectivity index (χ1v) is 6.63. The minimum atomic E-state index is -1.18. The zero-order chi connectivity index (χ0) is 15.2. The van der Waals surface area contributed by atoms with Gasteiger partial charge in [-0.05, 0) is 30.2 Å². The molecule has 0 fully saturated rings. The zero-order valence-corrected chi connectivity index (χ0v) is 11.4. The second-order valence-electron chi connectivity index (χ2n) is 4.76. The summed E-state index contributed by atoms with van der Waals surface area (Å²) < 4.78 is 39.2. The maximum absolute atomic E-state index is 13.4. The van der Waals surface area contributed by atoms with Crippen LogP contribution in [0.4, 0.5) is 13.2 Å². The molecule has 21 heavy (non-hydrogen) atoms. The van der Waals surface area contributed by atoms with Crippen LogP contribution in [0.1, 0.15) is 16.7 Å². The second kappa shape index (κ2) is 7.24. The highest BCUT2D eigenvalue weighted by Gasteiger charge is 2.09. The zero-order valence-electron chi connectivity index (χ0n) is 11.4. The third kappa shape index (κ3) is 4.31. The Morgan fingerprint density at radius 1 is 0.857 bits per heavy atom. The van der Waals surface area contributed by atoms with Crippen LogP contribution >= 0.6 is 0 Å². The minimum absolute atomic E-state index is 0.00787. The van der Waals surface area contributed by atoms with Gasteiger partial charge in [-0.3, -0.25) is 0 Å². The van der Waals surface area contributed by atoms with Crippen LogP contribution in [0.15, 0.2) is 36.4 Å². The fourth-order valence-electron chi connectivity index (χ4n) is 1.97. The highest BCUT2D eigenvalue weighted by atomic mass is 19.2. The number of hydrogen-bond donors (Lipinski definition) is 2. The maximum Gasteiger partial charge on any atom is 0.161 e. The number of rotatable bonds is 6. The van der Waals surface area contributed by atoms with Crippen molar-refractivity contribution in [1.82, 2.24) is 5.32 Å². The predicted molar refractivity (Wildman–Crippen MR) is 74.1 cm³/mol. The van der Waals surface area contributed by atoms with Gasteiger partial charge < -0.3 is 10.4 Å². The molecule has 0 saturated heterocycles. The van der Waals surface area contributed by atoms with Crippen molar-refractivity contribution in [3.63, 3.8) is 0 Å². The fraction of sp³-hybridized carbons (Fsp3) is 0.250. The van der Waals surface area contributed by atoms with Crippen LogP contribution in [0.25, 0.3) is 0 Å². The maximum atomic E-state index is 13.4. The molecule has 5 heteroatoms. The summed E-state index contributed by atoms with van der Waals surface area (Å²) in [6, 6.07) is 8.92. The topological polar surface area (TPSA) is 32.3 Å². The SMILES string of the molecule is OCc1ccc(CCNCc2cc(F)c(F)cc2F)cc1. The lowest BCUT2D eigenvalue weighted by atomic mass is 10.1. The van der Waals surface area contributed by atoms with Crippen molar-refractivity contribution in [2.24, 2.45) is 0 Å². The van der Waals surface area contributed by atoms with Crippen molar-refractivity contribution >= 4 is 0 Å². The van der Waals surface area contributed by atoms with Gasteiger partial charge in [0.2, 0.25) is 0 Å². The summed E-state index contributed by atoms with van der Waals surface area (Å²) in [6.45, 7) is 0.725. The summed E-state index contributed by atoms with van der Waals surface area (Å²) in [5.41, 5.74) is 2.02. The first kappa shape index (κ1) is 15.5. The molecule has 2 N–H and O–H groups in total. The van der Waals surface area contributed by atoms with E-state index in [1.54, 1.807) is 0 Å². The lowest BCUT2D eigenvalue weighted by Gasteiger charge is -2.07. The summed E-state index contributed by atoms with van der Waals surface area (Å²) in [7, 11) is 0. The van der Waals surface area contributed by atoms with Gasteiger partial charge in [-0.1, -0.05) is 24.3 Å². The largest absolute Gasteiger partial charge is 0.392 e. The summed E-state index contributed by atoms with van der Waals surface area (Å²) in [5.74, 6) is -2.98. The van der Waals surface area contributed by atoms with Crippen LogP contribution in [-0.2, 0) is 19.6 Å². The molecule has 0 atom stereocenters. The number of aliphatic hydroxyl groups is 1. The van der Waals surface area contributed by atoms with Crippen molar-refractivity contribution in [2.45, 2.75) is 19.6 Å². The average molecular weight is 295 g/mol. The number of aliphatic hydroxyl groups excluding tert-OH is 1. The van der Waals surface area contributed by atoms with E-state index in [4.69, 9.17) is 5.11 Å². The van der Waals surface area contributed by atoms with E-state index >= 15 is 0 Å². The standard InChI is InChI=1S/C16H16F3NO/c17-14-8-16(19)15(18)7-13(14)9-20-6-5-11-1-3-12(10-21)4-2-11/h1-4,7-8,20-21H,5-6,9-10H2. The van der Waals surface area contributed by atoms with Crippen molar-refractivity contribution in [3.8, 4) is 0 Å². The van der Waals surface area contributed by atoms with Gasteiger partial charge in [-0.2, -0.15) is 0 Å². The minimum Gasteiger partial charge on any atom is -0.392 e. The number of hydrogen-bond acceptors (Lipinski definition) is 2. The molecule has 2 aromatic rings. The molecule has 0 aliphatic heterocycles. The summed E-state index contributed by atoms with van der Waals surface area (Å²) in [6.07, 6.45) is 0.719. The highest BCUT2D eigenvalue weighted by Crippen LogP contribution is 2.13. The van der Waals surface area contributed by atoms with Gasteiger partial charge in [-0.15, -0.1) is 0 Å². The fourth-order valence-corrected chi connectivity index (χ4v) is 1.97. The lowest BCUT2D eigenvalue weighted by Crippen LogP contribution is -2.17. The summed E-state index contributed by atoms with van der Waals surface area (Å²) in [5, 5.41) is 11.9. The molecule has 0 amide bonds. The van der Waals surface area contributed by atoms with Crippen molar-refractivity contribution in [1.29, 1.82) is 0 Å². The van der Waals surface area contributed by atoms with Gasteiger partial charge >= 0.3 is 0 Å². The Hall–Kier alpha value is -1.85. The number of halogens is 3. The van der Waals surface area contributed by atoms with Gasteiger partial charge in [-0.25, -0.2) is 13.2 Å². The smallest absolute Gasteiger partial charge is 0.161 e. The van der Waals surface area contributed by atoms with Crippen molar-refractivity contribution in [3.05, 3.63) is 70.5 Å². The molecule has 2 aromatic carbocycles. The summed E-state index contributed by atoms with van der Waals surface area (Å²) in [4.78, 5) is 0. The van der Waals surface area contributed by atoms with E-state index in [1.807, 2.05) is 24.3 Å². The first-order valence-electron chi connectivity index (χ1n) is 6.63. The third-order valence-corrected chi connectivity index (χ3v) is 3.20. The molecule has 0 heterocycles. The van der Waals surface area contributed by atoms with Crippen LogP contribution in [0.5, 0.6) is 0 Å². The van der Waals surface area contributed by atoms with Crippen LogP contribution < -0.4 is 5.32 Å². The highest BCUT2D eigenvalue weighted by molar-refractivity contribution is 5.22. The normalized spacial score (nSPS) is 10.9. The average Bonchev–Trinajstić information content (AvgIpc) is 2.49. The molecule has 2 nitrogen and oxygen atoms in total. The van der Waals surface area contributed by atoms with Gasteiger partial charge in [0.25, 0.3) is 0 Å². The van der Waals surface area contributed by atoms with E-state index in [0.29, 0.717) is 12.6 Å². The Morgan fingerprint density at radius 3 is 2.14 bits per heavy atom. The van der Waals surface area contributed by atoms with E-state index < -0.39 is 17.5 Å². The molecule has 0 aliphatic carbocycles. The van der Waals surface area contributed by atoms with E-state index in [2.05, 4.69) is 5.32 Å². The van der Waals surface area contributed by atoms with Gasteiger partial charge in [0.1, 0.15) is 5.82 Å². The second-order valence-corrected chi connectivity index (χ2v) is 4.76. The van der Waals surface area contributed by atoms with E-state index in [-0.39, 0.29) is 18.7 Å². The Kier molecular flexibility index (Phi) is 5.36. The Balaban J connectivity index is 1.83. The van der Waals surface area contributed by atoms with Crippen LogP contribution in [0, 0.1) is 17.5 Å². The molecule has 0 radical (unpaired) electrons. The van der Waals surface area contributed by atoms with Crippen LogP contribution in [0.2, 0.25) is 0 Å². The van der Waals surface area contributed by atoms with Gasteiger partial charge in [0.15, 0.2) is 11.6 Å². The van der Waals surface area contributed by atoms with E-state index in [1.165, 1.54) is 0 Å². The molecule has 0 aromatic heterocycles. The molecule has 0 unspecified atom stereocenters. The number of nitrogens with one attached hydrogen (secondary N) is 1. The molecular weight excluding hydrogens is 279 g/mol. The molecule has 0 spiro atoms. The lowest BCUT2D eigenvalue weighted by molar-refractivity contribution is 0.282. The van der Waals surface area contributed by atoms with Gasteiger partial charge in [0, 0.05) is 18.2 Å². The third-order valence-electron chi connectivity index (χ3n) is 3.20. The van der Waals surface area contributed by atoms with Crippen molar-refractivity contribution in [2.75, 3.05) is 6.54 Å². The predicted octanol–water partition coefficient (Wildman–Crippen LogP) is 2.93. The summed E-state index contributed by atoms with van der Waals surface area (Å²) >= 11 is 0. The van der Waals surface area contributed by atoms with E-state index in [0.717, 1.165) is 23.6 Å². The molecule has 0 bridgehead atoms. The molecular formula is C16H16F3NO. The first-order chi connectivity index (χ1) is 10.1. The molecule has 0 aliphatic rings. The van der Waals surface area contributed by atoms with Crippen LogP contribution in [0.3, 0.4) is 0 Å². The molecule has 112 valence electrons. The molecule has 0 saturated carbocycles.